The zero-order chi connectivity index (χ0) is 16.4. The molecule has 1 heterocycles. The molecule has 1 aliphatic carbocycles. The van der Waals surface area contributed by atoms with E-state index in [0.717, 1.165) is 36.5 Å². The molecule has 0 spiro atoms. The van der Waals surface area contributed by atoms with E-state index in [0.29, 0.717) is 12.6 Å². The maximum atomic E-state index is 12.9. The maximum absolute atomic E-state index is 12.9. The van der Waals surface area contributed by atoms with E-state index in [4.69, 9.17) is 0 Å². The fraction of sp³-hybridized carbons (Fsp3) is 0.444. The van der Waals surface area contributed by atoms with Crippen LogP contribution >= 0.6 is 0 Å². The van der Waals surface area contributed by atoms with E-state index in [-0.39, 0.29) is 5.91 Å². The number of aromatic nitrogens is 2. The van der Waals surface area contributed by atoms with Crippen molar-refractivity contribution in [3.63, 3.8) is 0 Å². The van der Waals surface area contributed by atoms with Gasteiger partial charge < -0.3 is 14.4 Å². The lowest BCUT2D eigenvalue weighted by Gasteiger charge is -2.23. The molecule has 0 aliphatic heterocycles. The van der Waals surface area contributed by atoms with Crippen LogP contribution in [0.2, 0.25) is 0 Å². The highest BCUT2D eigenvalue weighted by Crippen LogP contribution is 2.30. The van der Waals surface area contributed by atoms with Crippen LogP contribution in [0.4, 0.5) is 5.69 Å². The van der Waals surface area contributed by atoms with Gasteiger partial charge in [0.1, 0.15) is 5.82 Å². The second-order valence-corrected chi connectivity index (χ2v) is 6.18. The van der Waals surface area contributed by atoms with Gasteiger partial charge >= 0.3 is 0 Å². The lowest BCUT2D eigenvalue weighted by Crippen LogP contribution is -2.33. The molecule has 1 fully saturated rings. The summed E-state index contributed by atoms with van der Waals surface area (Å²) < 4.78 is 1.97. The number of nitrogens with zero attached hydrogens (tertiary/aromatic N) is 4. The van der Waals surface area contributed by atoms with Crippen LogP contribution in [-0.4, -0.2) is 40.0 Å². The molecule has 23 heavy (non-hydrogen) atoms. The standard InChI is InChI=1S/C18H24N4O/c1-4-20(2)15-7-5-14(6-8-15)18(23)22(16-9-10-16)13-17-19-11-12-21(17)3/h5-8,11-12,16H,4,9-10,13H2,1-3H3. The number of carbonyl (C=O) groups excluding carboxylic acids is 1. The molecule has 0 saturated heterocycles. The van der Waals surface area contributed by atoms with Gasteiger partial charge in [-0.1, -0.05) is 0 Å². The zero-order valence-corrected chi connectivity index (χ0v) is 14.1. The summed E-state index contributed by atoms with van der Waals surface area (Å²) in [6, 6.07) is 8.25. The van der Waals surface area contributed by atoms with E-state index in [1.807, 2.05) is 47.0 Å². The maximum Gasteiger partial charge on any atom is 0.254 e. The molecule has 3 rings (SSSR count). The molecule has 0 radical (unpaired) electrons. The molecule has 5 heteroatoms. The molecule has 1 aromatic heterocycles. The first-order chi connectivity index (χ1) is 11.1. The van der Waals surface area contributed by atoms with Crippen molar-refractivity contribution >= 4 is 11.6 Å². The Morgan fingerprint density at radius 2 is 2.00 bits per heavy atom. The van der Waals surface area contributed by atoms with E-state index in [9.17, 15) is 4.79 Å². The molecule has 1 saturated carbocycles. The Hall–Kier alpha value is -2.30. The SMILES string of the molecule is CCN(C)c1ccc(C(=O)N(Cc2nccn2C)C2CC2)cc1. The van der Waals surface area contributed by atoms with Crippen molar-refractivity contribution in [2.75, 3.05) is 18.5 Å². The molecule has 0 unspecified atom stereocenters. The van der Waals surface area contributed by atoms with Crippen molar-refractivity contribution in [1.82, 2.24) is 14.5 Å². The zero-order valence-electron chi connectivity index (χ0n) is 14.1. The molecular weight excluding hydrogens is 288 g/mol. The van der Waals surface area contributed by atoms with Crippen molar-refractivity contribution < 1.29 is 4.79 Å². The molecule has 0 N–H and O–H groups in total. The van der Waals surface area contributed by atoms with Gasteiger partial charge in [0.25, 0.3) is 5.91 Å². The number of imidazole rings is 1. The van der Waals surface area contributed by atoms with E-state index in [1.165, 1.54) is 0 Å². The molecule has 1 amide bonds. The Bertz CT molecular complexity index is 673. The first-order valence-corrected chi connectivity index (χ1v) is 8.18. The largest absolute Gasteiger partial charge is 0.375 e. The Labute approximate surface area is 137 Å². The summed E-state index contributed by atoms with van der Waals surface area (Å²) >= 11 is 0. The molecule has 122 valence electrons. The Morgan fingerprint density at radius 3 is 2.52 bits per heavy atom. The summed E-state index contributed by atoms with van der Waals surface area (Å²) in [5.74, 6) is 1.02. The molecule has 2 aromatic rings. The van der Waals surface area contributed by atoms with Gasteiger partial charge in [-0.2, -0.15) is 0 Å². The number of benzene rings is 1. The third-order valence-corrected chi connectivity index (χ3v) is 4.51. The lowest BCUT2D eigenvalue weighted by molar-refractivity contribution is 0.0724. The number of anilines is 1. The average Bonchev–Trinajstić information content (AvgIpc) is 3.34. The van der Waals surface area contributed by atoms with Gasteiger partial charge in [-0.05, 0) is 44.0 Å². The summed E-state index contributed by atoms with van der Waals surface area (Å²) in [6.45, 7) is 3.63. The van der Waals surface area contributed by atoms with Gasteiger partial charge in [0.2, 0.25) is 0 Å². The number of amides is 1. The molecule has 1 aromatic carbocycles. The highest BCUT2D eigenvalue weighted by Gasteiger charge is 2.33. The van der Waals surface area contributed by atoms with Crippen molar-refractivity contribution in [2.24, 2.45) is 7.05 Å². The second-order valence-electron chi connectivity index (χ2n) is 6.18. The van der Waals surface area contributed by atoms with Crippen molar-refractivity contribution in [3.05, 3.63) is 48.0 Å². The van der Waals surface area contributed by atoms with Crippen molar-refractivity contribution in [2.45, 2.75) is 32.4 Å². The van der Waals surface area contributed by atoms with Gasteiger partial charge in [0, 0.05) is 50.3 Å². The molecule has 1 aliphatic rings. The van der Waals surface area contributed by atoms with Gasteiger partial charge in [-0.15, -0.1) is 0 Å². The summed E-state index contributed by atoms with van der Waals surface area (Å²) in [5.41, 5.74) is 1.88. The quantitative estimate of drug-likeness (QED) is 0.823. The fourth-order valence-electron chi connectivity index (χ4n) is 2.66. The molecule has 0 bridgehead atoms. The highest BCUT2D eigenvalue weighted by molar-refractivity contribution is 5.95. The summed E-state index contributed by atoms with van der Waals surface area (Å²) in [7, 11) is 4.02. The third-order valence-electron chi connectivity index (χ3n) is 4.51. The van der Waals surface area contributed by atoms with Gasteiger partial charge in [0.05, 0.1) is 6.54 Å². The summed E-state index contributed by atoms with van der Waals surface area (Å²) in [5, 5.41) is 0. The van der Waals surface area contributed by atoms with Crippen LogP contribution in [0.1, 0.15) is 35.9 Å². The van der Waals surface area contributed by atoms with Crippen LogP contribution in [-0.2, 0) is 13.6 Å². The minimum atomic E-state index is 0.0983. The lowest BCUT2D eigenvalue weighted by atomic mass is 10.1. The van der Waals surface area contributed by atoms with Crippen LogP contribution in [0.3, 0.4) is 0 Å². The van der Waals surface area contributed by atoms with Crippen LogP contribution in [0.25, 0.3) is 0 Å². The normalized spacial score (nSPS) is 13.9. The van der Waals surface area contributed by atoms with Gasteiger partial charge in [-0.25, -0.2) is 4.98 Å². The third kappa shape index (κ3) is 3.38. The van der Waals surface area contributed by atoms with Gasteiger partial charge in [0.15, 0.2) is 0 Å². The number of hydrogen-bond donors (Lipinski definition) is 0. The monoisotopic (exact) mass is 312 g/mol. The smallest absolute Gasteiger partial charge is 0.254 e. The number of carbonyl (C=O) groups is 1. The van der Waals surface area contributed by atoms with E-state index >= 15 is 0 Å². The second kappa shape index (κ2) is 6.44. The Morgan fingerprint density at radius 1 is 1.30 bits per heavy atom. The number of aryl methyl sites for hydroxylation is 1. The van der Waals surface area contributed by atoms with Gasteiger partial charge in [-0.3, -0.25) is 4.79 Å². The predicted molar refractivity (Wildman–Crippen MR) is 91.5 cm³/mol. The van der Waals surface area contributed by atoms with Crippen LogP contribution in [0.5, 0.6) is 0 Å². The van der Waals surface area contributed by atoms with E-state index in [1.54, 1.807) is 6.20 Å². The number of rotatable bonds is 6. The van der Waals surface area contributed by atoms with Crippen LogP contribution in [0, 0.1) is 0 Å². The van der Waals surface area contributed by atoms with Crippen LogP contribution in [0.15, 0.2) is 36.7 Å². The minimum absolute atomic E-state index is 0.0983. The fourth-order valence-corrected chi connectivity index (χ4v) is 2.66. The average molecular weight is 312 g/mol. The Kier molecular flexibility index (Phi) is 4.37. The minimum Gasteiger partial charge on any atom is -0.375 e. The highest BCUT2D eigenvalue weighted by atomic mass is 16.2. The topological polar surface area (TPSA) is 41.4 Å². The van der Waals surface area contributed by atoms with Crippen LogP contribution < -0.4 is 4.90 Å². The molecule has 0 atom stereocenters. The molecular formula is C18H24N4O. The predicted octanol–water partition coefficient (Wildman–Crippen LogP) is 2.68. The first-order valence-electron chi connectivity index (χ1n) is 8.18. The van der Waals surface area contributed by atoms with E-state index < -0.39 is 0 Å². The molecule has 5 nitrogen and oxygen atoms in total. The summed E-state index contributed by atoms with van der Waals surface area (Å²) in [4.78, 5) is 21.4. The number of hydrogen-bond acceptors (Lipinski definition) is 3. The summed E-state index contributed by atoms with van der Waals surface area (Å²) in [6.07, 6.45) is 5.88. The van der Waals surface area contributed by atoms with Crippen molar-refractivity contribution in [1.29, 1.82) is 0 Å². The first kappa shape index (κ1) is 15.6. The van der Waals surface area contributed by atoms with Crippen molar-refractivity contribution in [3.8, 4) is 0 Å². The van der Waals surface area contributed by atoms with E-state index in [2.05, 4.69) is 23.9 Å². The Balaban J connectivity index is 1.77.